The third kappa shape index (κ3) is 4.54. The van der Waals surface area contributed by atoms with Crippen molar-refractivity contribution in [3.05, 3.63) is 65.5 Å². The minimum Gasteiger partial charge on any atom is -0.368 e. The van der Waals surface area contributed by atoms with Gasteiger partial charge in [0.1, 0.15) is 5.82 Å². The Labute approximate surface area is 162 Å². The number of ketones is 1. The van der Waals surface area contributed by atoms with Crippen molar-refractivity contribution in [2.24, 2.45) is 0 Å². The van der Waals surface area contributed by atoms with Gasteiger partial charge in [-0.1, -0.05) is 24.3 Å². The van der Waals surface area contributed by atoms with E-state index in [9.17, 15) is 18.8 Å². The Morgan fingerprint density at radius 2 is 1.61 bits per heavy atom. The molecule has 1 N–H and O–H groups in total. The molecule has 0 aliphatic carbocycles. The first-order chi connectivity index (χ1) is 13.5. The van der Waals surface area contributed by atoms with E-state index < -0.39 is 11.7 Å². The molecule has 0 saturated carbocycles. The monoisotopic (exact) mass is 383 g/mol. The summed E-state index contributed by atoms with van der Waals surface area (Å²) in [5.74, 6) is -1.95. The summed E-state index contributed by atoms with van der Waals surface area (Å²) in [5, 5.41) is 2.42. The van der Waals surface area contributed by atoms with Crippen LogP contribution in [0, 0.1) is 12.7 Å². The summed E-state index contributed by atoms with van der Waals surface area (Å²) in [7, 11) is 0. The van der Waals surface area contributed by atoms with Crippen molar-refractivity contribution in [1.82, 2.24) is 10.2 Å². The minimum atomic E-state index is -0.785. The SMILES string of the molecule is Cc1ccccc1C(=O)C(=O)NCC(=O)N1CCN(c2ccc(F)cc2)CC1. The second kappa shape index (κ2) is 8.65. The van der Waals surface area contributed by atoms with Crippen molar-refractivity contribution in [2.75, 3.05) is 37.6 Å². The normalized spacial score (nSPS) is 13.9. The molecule has 3 rings (SSSR count). The average Bonchev–Trinajstić information content (AvgIpc) is 2.72. The second-order valence-corrected chi connectivity index (χ2v) is 6.67. The lowest BCUT2D eigenvalue weighted by atomic mass is 10.0. The van der Waals surface area contributed by atoms with Gasteiger partial charge in [0.2, 0.25) is 11.7 Å². The predicted molar refractivity (Wildman–Crippen MR) is 104 cm³/mol. The van der Waals surface area contributed by atoms with Crippen molar-refractivity contribution in [3.8, 4) is 0 Å². The largest absolute Gasteiger partial charge is 0.368 e. The molecule has 0 aromatic heterocycles. The van der Waals surface area contributed by atoms with E-state index in [-0.39, 0.29) is 18.3 Å². The summed E-state index contributed by atoms with van der Waals surface area (Å²) in [6.45, 7) is 3.77. The number of carbonyl (C=O) groups is 3. The van der Waals surface area contributed by atoms with Crippen molar-refractivity contribution in [2.45, 2.75) is 6.92 Å². The van der Waals surface area contributed by atoms with Gasteiger partial charge in [-0.15, -0.1) is 0 Å². The number of rotatable bonds is 5. The zero-order valence-electron chi connectivity index (χ0n) is 15.7. The molecule has 1 aliphatic heterocycles. The van der Waals surface area contributed by atoms with Crippen LogP contribution in [0.15, 0.2) is 48.5 Å². The van der Waals surface area contributed by atoms with E-state index in [4.69, 9.17) is 0 Å². The summed E-state index contributed by atoms with van der Waals surface area (Å²) in [6.07, 6.45) is 0. The topological polar surface area (TPSA) is 69.7 Å². The van der Waals surface area contributed by atoms with E-state index >= 15 is 0 Å². The molecule has 28 heavy (non-hydrogen) atoms. The smallest absolute Gasteiger partial charge is 0.292 e. The summed E-state index contributed by atoms with van der Waals surface area (Å²) in [4.78, 5) is 40.4. The number of aryl methyl sites for hydroxylation is 1. The van der Waals surface area contributed by atoms with Crippen molar-refractivity contribution in [3.63, 3.8) is 0 Å². The van der Waals surface area contributed by atoms with E-state index in [0.29, 0.717) is 37.3 Å². The van der Waals surface area contributed by atoms with Gasteiger partial charge in [-0.25, -0.2) is 4.39 Å². The van der Waals surface area contributed by atoms with E-state index in [0.717, 1.165) is 5.69 Å². The standard InChI is InChI=1S/C21H22FN3O3/c1-15-4-2-3-5-18(15)20(27)21(28)23-14-19(26)25-12-10-24(11-13-25)17-8-6-16(22)7-9-17/h2-9H,10-14H2,1H3,(H,23,28). The van der Waals surface area contributed by atoms with Gasteiger partial charge in [0, 0.05) is 37.4 Å². The number of benzene rings is 2. The lowest BCUT2D eigenvalue weighted by Crippen LogP contribution is -2.51. The van der Waals surface area contributed by atoms with Crippen LogP contribution in [0.3, 0.4) is 0 Å². The number of hydrogen-bond donors (Lipinski definition) is 1. The molecular formula is C21H22FN3O3. The first-order valence-electron chi connectivity index (χ1n) is 9.12. The lowest BCUT2D eigenvalue weighted by molar-refractivity contribution is -0.132. The Bertz CT molecular complexity index is 875. The molecule has 0 radical (unpaired) electrons. The minimum absolute atomic E-state index is 0.215. The summed E-state index contributed by atoms with van der Waals surface area (Å²) < 4.78 is 13.0. The van der Waals surface area contributed by atoms with Crippen LogP contribution < -0.4 is 10.2 Å². The van der Waals surface area contributed by atoms with Crippen LogP contribution in [-0.4, -0.2) is 55.2 Å². The maximum absolute atomic E-state index is 13.0. The van der Waals surface area contributed by atoms with Gasteiger partial charge in [-0.05, 0) is 36.8 Å². The zero-order valence-corrected chi connectivity index (χ0v) is 15.7. The van der Waals surface area contributed by atoms with Crippen LogP contribution in [-0.2, 0) is 9.59 Å². The molecule has 0 spiro atoms. The molecule has 0 unspecified atom stereocenters. The van der Waals surface area contributed by atoms with E-state index in [2.05, 4.69) is 10.2 Å². The first kappa shape index (κ1) is 19.5. The first-order valence-corrected chi connectivity index (χ1v) is 9.12. The third-order valence-corrected chi connectivity index (χ3v) is 4.82. The summed E-state index contributed by atoms with van der Waals surface area (Å²) in [6, 6.07) is 13.1. The van der Waals surface area contributed by atoms with Crippen molar-refractivity contribution < 1.29 is 18.8 Å². The molecule has 1 aliphatic rings. The molecule has 1 heterocycles. The highest BCUT2D eigenvalue weighted by atomic mass is 19.1. The number of piperazine rings is 1. The number of nitrogens with zero attached hydrogens (tertiary/aromatic N) is 2. The Hall–Kier alpha value is -3.22. The number of carbonyl (C=O) groups excluding carboxylic acids is 3. The Balaban J connectivity index is 1.48. The Kier molecular flexibility index (Phi) is 6.03. The average molecular weight is 383 g/mol. The predicted octanol–water partition coefficient (Wildman–Crippen LogP) is 1.78. The van der Waals surface area contributed by atoms with Gasteiger partial charge >= 0.3 is 0 Å². The highest BCUT2D eigenvalue weighted by molar-refractivity contribution is 6.43. The molecule has 2 aromatic rings. The molecule has 1 fully saturated rings. The molecule has 6 nitrogen and oxygen atoms in total. The molecule has 1 saturated heterocycles. The second-order valence-electron chi connectivity index (χ2n) is 6.67. The number of Topliss-reactive ketones (excluding diaryl/α,β-unsaturated/α-hetero) is 1. The fourth-order valence-corrected chi connectivity index (χ4v) is 3.16. The number of anilines is 1. The zero-order chi connectivity index (χ0) is 20.1. The van der Waals surface area contributed by atoms with Gasteiger partial charge < -0.3 is 15.1 Å². The van der Waals surface area contributed by atoms with Gasteiger partial charge in [0.15, 0.2) is 0 Å². The van der Waals surface area contributed by atoms with Crippen LogP contribution >= 0.6 is 0 Å². The van der Waals surface area contributed by atoms with Crippen molar-refractivity contribution in [1.29, 1.82) is 0 Å². The maximum atomic E-state index is 13.0. The van der Waals surface area contributed by atoms with Gasteiger partial charge in [-0.2, -0.15) is 0 Å². The fourth-order valence-electron chi connectivity index (χ4n) is 3.16. The number of halogens is 1. The van der Waals surface area contributed by atoms with Crippen LogP contribution in [0.25, 0.3) is 0 Å². The van der Waals surface area contributed by atoms with Crippen LogP contribution in [0.4, 0.5) is 10.1 Å². The highest BCUT2D eigenvalue weighted by Gasteiger charge is 2.23. The molecule has 2 aromatic carbocycles. The molecular weight excluding hydrogens is 361 g/mol. The van der Waals surface area contributed by atoms with Gasteiger partial charge in [0.25, 0.3) is 5.91 Å². The van der Waals surface area contributed by atoms with E-state index in [1.165, 1.54) is 12.1 Å². The highest BCUT2D eigenvalue weighted by Crippen LogP contribution is 2.17. The molecule has 146 valence electrons. The third-order valence-electron chi connectivity index (χ3n) is 4.82. The molecule has 0 bridgehead atoms. The van der Waals surface area contributed by atoms with E-state index in [1.807, 2.05) is 0 Å². The maximum Gasteiger partial charge on any atom is 0.292 e. The van der Waals surface area contributed by atoms with Crippen LogP contribution in [0.5, 0.6) is 0 Å². The van der Waals surface area contributed by atoms with Crippen LogP contribution in [0.1, 0.15) is 15.9 Å². The summed E-state index contributed by atoms with van der Waals surface area (Å²) >= 11 is 0. The number of amides is 2. The molecule has 7 heteroatoms. The Morgan fingerprint density at radius 1 is 0.964 bits per heavy atom. The number of hydrogen-bond acceptors (Lipinski definition) is 4. The fraction of sp³-hybridized carbons (Fsp3) is 0.286. The van der Waals surface area contributed by atoms with Crippen molar-refractivity contribution >= 4 is 23.3 Å². The van der Waals surface area contributed by atoms with Gasteiger partial charge in [-0.3, -0.25) is 14.4 Å². The van der Waals surface area contributed by atoms with Gasteiger partial charge in [0.05, 0.1) is 6.54 Å². The molecule has 2 amide bonds. The van der Waals surface area contributed by atoms with Crippen LogP contribution in [0.2, 0.25) is 0 Å². The van der Waals surface area contributed by atoms with E-state index in [1.54, 1.807) is 48.2 Å². The molecule has 0 atom stereocenters. The number of nitrogens with one attached hydrogen (secondary N) is 1. The quantitative estimate of drug-likeness (QED) is 0.631. The Morgan fingerprint density at radius 3 is 2.25 bits per heavy atom. The lowest BCUT2D eigenvalue weighted by Gasteiger charge is -2.36. The summed E-state index contributed by atoms with van der Waals surface area (Å²) in [5.41, 5.74) is 1.96.